The Morgan fingerprint density at radius 2 is 1.76 bits per heavy atom. The Bertz CT molecular complexity index is 1150. The maximum atomic E-state index is 11.8. The van der Waals surface area contributed by atoms with Crippen LogP contribution in [0.4, 0.5) is 5.69 Å². The highest BCUT2D eigenvalue weighted by Crippen LogP contribution is 2.57. The Morgan fingerprint density at radius 1 is 1.12 bits per heavy atom. The molecule has 0 spiro atoms. The molecular formula is C24H25BrCl2N4O3. The number of hydrogen-bond acceptors (Lipinski definition) is 7. The van der Waals surface area contributed by atoms with Crippen LogP contribution in [0.5, 0.6) is 0 Å². The largest absolute Gasteiger partial charge is 0.464 e. The standard InChI is InChI=1S/C24H25BrCl2N4O3/c1-15(32)33-14-24(26)19(16-10-12-17(25)13-11-16)30(18-8-6-5-7-9-18)31(27)20(24)21-28-29-22(34-21)23(2,3)4/h5-13,19-20H,14H2,1-4H3. The summed E-state index contributed by atoms with van der Waals surface area (Å²) in [6.45, 7) is 7.15. The van der Waals surface area contributed by atoms with E-state index in [9.17, 15) is 4.79 Å². The van der Waals surface area contributed by atoms with Gasteiger partial charge in [0.05, 0.1) is 11.7 Å². The fourth-order valence-electron chi connectivity index (χ4n) is 3.98. The molecule has 1 saturated heterocycles. The summed E-state index contributed by atoms with van der Waals surface area (Å²) in [4.78, 5) is 10.6. The highest BCUT2D eigenvalue weighted by molar-refractivity contribution is 9.10. The number of aromatic nitrogens is 2. The van der Waals surface area contributed by atoms with Crippen molar-refractivity contribution in [2.24, 2.45) is 0 Å². The molecule has 34 heavy (non-hydrogen) atoms. The Morgan fingerprint density at radius 3 is 2.32 bits per heavy atom. The van der Waals surface area contributed by atoms with Gasteiger partial charge in [0.1, 0.15) is 17.5 Å². The predicted octanol–water partition coefficient (Wildman–Crippen LogP) is 6.34. The van der Waals surface area contributed by atoms with Gasteiger partial charge in [-0.25, -0.2) is 0 Å². The molecule has 180 valence electrons. The molecule has 0 aliphatic carbocycles. The number of carbonyl (C=O) groups is 1. The molecule has 4 rings (SSSR count). The summed E-state index contributed by atoms with van der Waals surface area (Å²) in [5, 5.41) is 10.4. The van der Waals surface area contributed by atoms with E-state index in [4.69, 9.17) is 32.5 Å². The van der Waals surface area contributed by atoms with Crippen LogP contribution in [0.25, 0.3) is 0 Å². The number of anilines is 1. The number of esters is 1. The molecule has 0 radical (unpaired) electrons. The van der Waals surface area contributed by atoms with Gasteiger partial charge in [0.25, 0.3) is 0 Å². The van der Waals surface area contributed by atoms with Crippen molar-refractivity contribution in [3.8, 4) is 0 Å². The number of halogens is 3. The van der Waals surface area contributed by atoms with E-state index in [1.807, 2.05) is 80.4 Å². The quantitative estimate of drug-likeness (QED) is 0.202. The Hall–Kier alpha value is -2.13. The van der Waals surface area contributed by atoms with Gasteiger partial charge in [-0.1, -0.05) is 67.0 Å². The van der Waals surface area contributed by atoms with Crippen LogP contribution in [-0.2, 0) is 14.9 Å². The molecule has 2 aromatic carbocycles. The maximum absolute atomic E-state index is 11.8. The first-order valence-corrected chi connectivity index (χ1v) is 12.2. The molecule has 1 aliphatic rings. The van der Waals surface area contributed by atoms with Crippen molar-refractivity contribution in [2.45, 2.75) is 50.1 Å². The zero-order chi connectivity index (χ0) is 24.7. The van der Waals surface area contributed by atoms with E-state index in [0.717, 1.165) is 15.7 Å². The average Bonchev–Trinajstić information content (AvgIpc) is 3.35. The number of hydrazine groups is 1. The lowest BCUT2D eigenvalue weighted by Crippen LogP contribution is -2.40. The molecule has 3 atom stereocenters. The van der Waals surface area contributed by atoms with Crippen LogP contribution in [0, 0.1) is 0 Å². The van der Waals surface area contributed by atoms with Crippen LogP contribution in [-0.4, -0.2) is 32.2 Å². The molecule has 0 bridgehead atoms. The van der Waals surface area contributed by atoms with E-state index >= 15 is 0 Å². The monoisotopic (exact) mass is 566 g/mol. The Kier molecular flexibility index (Phi) is 6.97. The minimum absolute atomic E-state index is 0.130. The Labute approximate surface area is 217 Å². The van der Waals surface area contributed by atoms with Gasteiger partial charge in [0.2, 0.25) is 11.8 Å². The first kappa shape index (κ1) is 25.0. The number of nitrogens with zero attached hydrogens (tertiary/aromatic N) is 4. The molecule has 0 N–H and O–H groups in total. The summed E-state index contributed by atoms with van der Waals surface area (Å²) < 4.78 is 14.0. The fraction of sp³-hybridized carbons (Fsp3) is 0.375. The van der Waals surface area contributed by atoms with Gasteiger partial charge >= 0.3 is 5.97 Å². The second-order valence-electron chi connectivity index (χ2n) is 9.23. The van der Waals surface area contributed by atoms with Crippen LogP contribution >= 0.6 is 39.3 Å². The van der Waals surface area contributed by atoms with E-state index in [2.05, 4.69) is 26.1 Å². The number of rotatable bonds is 5. The first-order valence-electron chi connectivity index (χ1n) is 10.7. The van der Waals surface area contributed by atoms with Crippen LogP contribution in [0.15, 0.2) is 63.5 Å². The lowest BCUT2D eigenvalue weighted by atomic mass is 9.88. The second kappa shape index (κ2) is 9.49. The lowest BCUT2D eigenvalue weighted by molar-refractivity contribution is -0.142. The smallest absolute Gasteiger partial charge is 0.302 e. The topological polar surface area (TPSA) is 71.7 Å². The SMILES string of the molecule is CC(=O)OCC1(Cl)C(c2nnc(C(C)(C)C)o2)N(Cl)N(c2ccccc2)C1c1ccc(Br)cc1. The summed E-state index contributed by atoms with van der Waals surface area (Å²) in [5.41, 5.74) is 1.31. The maximum Gasteiger partial charge on any atom is 0.302 e. The average molecular weight is 568 g/mol. The van der Waals surface area contributed by atoms with Crippen molar-refractivity contribution < 1.29 is 13.9 Å². The third-order valence-corrected chi connectivity index (χ3v) is 7.00. The number of alkyl halides is 1. The molecule has 7 nitrogen and oxygen atoms in total. The second-order valence-corrected chi connectivity index (χ2v) is 11.2. The number of benzene rings is 2. The molecule has 1 aromatic heterocycles. The van der Waals surface area contributed by atoms with Gasteiger partial charge in [-0.05, 0) is 29.8 Å². The summed E-state index contributed by atoms with van der Waals surface area (Å²) in [5.74, 6) is 0.244. The predicted molar refractivity (Wildman–Crippen MR) is 134 cm³/mol. The van der Waals surface area contributed by atoms with E-state index in [1.54, 1.807) is 0 Å². The van der Waals surface area contributed by atoms with E-state index < -0.39 is 22.9 Å². The fourth-order valence-corrected chi connectivity index (χ4v) is 5.19. The normalized spacial score (nSPS) is 23.3. The molecule has 3 unspecified atom stereocenters. The molecule has 0 amide bonds. The molecule has 1 fully saturated rings. The van der Waals surface area contributed by atoms with Crippen LogP contribution in [0.3, 0.4) is 0 Å². The van der Waals surface area contributed by atoms with Gasteiger partial charge < -0.3 is 9.15 Å². The van der Waals surface area contributed by atoms with Crippen LogP contribution in [0.1, 0.15) is 57.1 Å². The van der Waals surface area contributed by atoms with E-state index in [-0.39, 0.29) is 17.9 Å². The summed E-state index contributed by atoms with van der Waals surface area (Å²) in [6.07, 6.45) is 0. The highest BCUT2D eigenvalue weighted by atomic mass is 79.9. The van der Waals surface area contributed by atoms with Gasteiger partial charge in [0, 0.05) is 28.6 Å². The summed E-state index contributed by atoms with van der Waals surface area (Å²) in [6, 6.07) is 16.1. The molecular weight excluding hydrogens is 543 g/mol. The van der Waals surface area contributed by atoms with Crippen molar-refractivity contribution in [3.63, 3.8) is 0 Å². The van der Waals surface area contributed by atoms with Gasteiger partial charge in [-0.3, -0.25) is 9.80 Å². The van der Waals surface area contributed by atoms with Crippen molar-refractivity contribution in [2.75, 3.05) is 11.6 Å². The van der Waals surface area contributed by atoms with Gasteiger partial charge in [-0.15, -0.1) is 26.3 Å². The van der Waals surface area contributed by atoms with Crippen molar-refractivity contribution in [1.29, 1.82) is 0 Å². The van der Waals surface area contributed by atoms with Gasteiger partial charge in [-0.2, -0.15) is 0 Å². The van der Waals surface area contributed by atoms with Crippen molar-refractivity contribution in [1.82, 2.24) is 14.7 Å². The summed E-state index contributed by atoms with van der Waals surface area (Å²) in [7, 11) is 0. The first-order chi connectivity index (χ1) is 16.0. The number of hydrogen-bond donors (Lipinski definition) is 0. The Balaban J connectivity index is 1.91. The molecule has 10 heteroatoms. The van der Waals surface area contributed by atoms with Gasteiger partial charge in [0.15, 0.2) is 0 Å². The number of ether oxygens (including phenoxy) is 1. The highest BCUT2D eigenvalue weighted by Gasteiger charge is 2.62. The van der Waals surface area contributed by atoms with Crippen LogP contribution < -0.4 is 5.01 Å². The van der Waals surface area contributed by atoms with E-state index in [0.29, 0.717) is 5.89 Å². The summed E-state index contributed by atoms with van der Waals surface area (Å²) >= 11 is 17.9. The third kappa shape index (κ3) is 4.69. The number of para-hydroxylation sites is 1. The third-order valence-electron chi connectivity index (χ3n) is 5.59. The minimum atomic E-state index is -1.27. The zero-order valence-corrected chi connectivity index (χ0v) is 22.3. The number of carbonyl (C=O) groups excluding carboxylic acids is 1. The molecule has 2 heterocycles. The molecule has 0 saturated carbocycles. The van der Waals surface area contributed by atoms with Crippen LogP contribution in [0.2, 0.25) is 0 Å². The minimum Gasteiger partial charge on any atom is -0.464 e. The van der Waals surface area contributed by atoms with E-state index in [1.165, 1.54) is 11.5 Å². The molecule has 3 aromatic rings. The molecule has 1 aliphatic heterocycles. The zero-order valence-electron chi connectivity index (χ0n) is 19.2. The van der Waals surface area contributed by atoms with Crippen molar-refractivity contribution >= 4 is 51.0 Å². The lowest BCUT2D eigenvalue weighted by Gasteiger charge is -2.34. The van der Waals surface area contributed by atoms with Crippen molar-refractivity contribution in [3.05, 3.63) is 76.4 Å².